The van der Waals surface area contributed by atoms with E-state index in [1.807, 2.05) is 20.8 Å². The van der Waals surface area contributed by atoms with Gasteiger partial charge in [0, 0.05) is 24.8 Å². The van der Waals surface area contributed by atoms with Crippen LogP contribution >= 0.6 is 0 Å². The van der Waals surface area contributed by atoms with Crippen LogP contribution in [0.2, 0.25) is 0 Å². The van der Waals surface area contributed by atoms with Crippen LogP contribution in [0.4, 0.5) is 5.82 Å². The molecular formula is C16H22N4O. The molecule has 1 N–H and O–H groups in total. The van der Waals surface area contributed by atoms with Crippen LogP contribution in [0.25, 0.3) is 0 Å². The smallest absolute Gasteiger partial charge is 0.225 e. The molecule has 1 saturated heterocycles. The Balaban J connectivity index is 2.07. The van der Waals surface area contributed by atoms with Crippen molar-refractivity contribution in [2.75, 3.05) is 18.0 Å². The van der Waals surface area contributed by atoms with Crippen molar-refractivity contribution in [3.05, 3.63) is 23.9 Å². The zero-order chi connectivity index (χ0) is 15.5. The van der Waals surface area contributed by atoms with E-state index >= 15 is 0 Å². The second kappa shape index (κ2) is 6.13. The largest absolute Gasteiger partial charge is 0.356 e. The molecule has 2 rings (SSSR count). The molecule has 1 amide bonds. The van der Waals surface area contributed by atoms with Gasteiger partial charge in [0.1, 0.15) is 5.82 Å². The molecule has 0 radical (unpaired) electrons. The first-order valence-electron chi connectivity index (χ1n) is 7.32. The molecule has 1 aliphatic rings. The van der Waals surface area contributed by atoms with Gasteiger partial charge < -0.3 is 10.2 Å². The van der Waals surface area contributed by atoms with Gasteiger partial charge in [0.15, 0.2) is 0 Å². The van der Waals surface area contributed by atoms with Crippen LogP contribution in [0.3, 0.4) is 0 Å². The van der Waals surface area contributed by atoms with E-state index in [4.69, 9.17) is 5.26 Å². The molecule has 112 valence electrons. The highest BCUT2D eigenvalue weighted by molar-refractivity contribution is 5.80. The minimum atomic E-state index is -0.210. The normalized spacial score (nSPS) is 19.0. The molecule has 1 aliphatic heterocycles. The van der Waals surface area contributed by atoms with Crippen LogP contribution in [0.5, 0.6) is 0 Å². The third-order valence-electron chi connectivity index (χ3n) is 3.49. The number of hydrogen-bond acceptors (Lipinski definition) is 4. The summed E-state index contributed by atoms with van der Waals surface area (Å²) < 4.78 is 0. The molecule has 5 heteroatoms. The van der Waals surface area contributed by atoms with Crippen molar-refractivity contribution in [2.24, 2.45) is 5.92 Å². The first-order chi connectivity index (χ1) is 9.89. The first kappa shape index (κ1) is 15.3. The van der Waals surface area contributed by atoms with Gasteiger partial charge in [-0.1, -0.05) is 0 Å². The van der Waals surface area contributed by atoms with Crippen molar-refractivity contribution in [1.29, 1.82) is 5.26 Å². The zero-order valence-corrected chi connectivity index (χ0v) is 12.9. The number of carbonyl (C=O) groups excluding carboxylic acids is 1. The van der Waals surface area contributed by atoms with E-state index < -0.39 is 0 Å². The van der Waals surface area contributed by atoms with Crippen LogP contribution in [0, 0.1) is 17.2 Å². The molecule has 2 heterocycles. The van der Waals surface area contributed by atoms with Crippen molar-refractivity contribution in [1.82, 2.24) is 10.3 Å². The Morgan fingerprint density at radius 2 is 2.29 bits per heavy atom. The van der Waals surface area contributed by atoms with E-state index in [1.165, 1.54) is 0 Å². The van der Waals surface area contributed by atoms with Crippen molar-refractivity contribution in [2.45, 2.75) is 39.2 Å². The number of pyridine rings is 1. The maximum atomic E-state index is 12.3. The van der Waals surface area contributed by atoms with Gasteiger partial charge in [0.2, 0.25) is 5.91 Å². The molecule has 5 nitrogen and oxygen atoms in total. The number of piperidine rings is 1. The standard InChI is InChI=1S/C16H22N4O/c1-16(2,3)19-15(21)13-5-4-8-20(11-13)14-9-12(10-17)6-7-18-14/h6-7,9,13H,4-5,8,11H2,1-3H3,(H,19,21). The van der Waals surface area contributed by atoms with Crippen LogP contribution < -0.4 is 10.2 Å². The summed E-state index contributed by atoms with van der Waals surface area (Å²) in [5.41, 5.74) is 0.388. The van der Waals surface area contributed by atoms with Crippen molar-refractivity contribution in [3.8, 4) is 6.07 Å². The summed E-state index contributed by atoms with van der Waals surface area (Å²) in [6.45, 7) is 7.50. The summed E-state index contributed by atoms with van der Waals surface area (Å²) in [4.78, 5) is 18.7. The molecule has 1 aromatic rings. The van der Waals surface area contributed by atoms with E-state index in [0.717, 1.165) is 25.2 Å². The lowest BCUT2D eigenvalue weighted by atomic mass is 9.95. The van der Waals surface area contributed by atoms with Gasteiger partial charge in [-0.2, -0.15) is 5.26 Å². The SMILES string of the molecule is CC(C)(C)NC(=O)C1CCCN(c2cc(C#N)ccn2)C1. The predicted molar refractivity (Wildman–Crippen MR) is 81.8 cm³/mol. The summed E-state index contributed by atoms with van der Waals surface area (Å²) in [6, 6.07) is 5.60. The molecule has 1 aromatic heterocycles. The molecule has 1 atom stereocenters. The van der Waals surface area contributed by atoms with E-state index in [-0.39, 0.29) is 17.4 Å². The molecule has 0 aliphatic carbocycles. The minimum Gasteiger partial charge on any atom is -0.356 e. The maximum Gasteiger partial charge on any atom is 0.225 e. The number of aromatic nitrogens is 1. The highest BCUT2D eigenvalue weighted by Crippen LogP contribution is 2.22. The summed E-state index contributed by atoms with van der Waals surface area (Å²) >= 11 is 0. The fourth-order valence-electron chi connectivity index (χ4n) is 2.53. The Hall–Kier alpha value is -2.09. The number of nitrogens with one attached hydrogen (secondary N) is 1. The zero-order valence-electron chi connectivity index (χ0n) is 12.9. The van der Waals surface area contributed by atoms with Crippen molar-refractivity contribution < 1.29 is 4.79 Å². The first-order valence-corrected chi connectivity index (χ1v) is 7.32. The molecule has 21 heavy (non-hydrogen) atoms. The van der Waals surface area contributed by atoms with Gasteiger partial charge in [0.05, 0.1) is 17.6 Å². The monoisotopic (exact) mass is 286 g/mol. The summed E-state index contributed by atoms with van der Waals surface area (Å²) in [7, 11) is 0. The Morgan fingerprint density at radius 1 is 1.52 bits per heavy atom. The third-order valence-corrected chi connectivity index (χ3v) is 3.49. The van der Waals surface area contributed by atoms with Gasteiger partial charge in [-0.3, -0.25) is 4.79 Å². The highest BCUT2D eigenvalue weighted by Gasteiger charge is 2.28. The second-order valence-electron chi connectivity index (χ2n) is 6.54. The van der Waals surface area contributed by atoms with Crippen LogP contribution in [0.15, 0.2) is 18.3 Å². The summed E-state index contributed by atoms with van der Waals surface area (Å²) in [5.74, 6) is 0.858. The average Bonchev–Trinajstić information content (AvgIpc) is 2.46. The van der Waals surface area contributed by atoms with Crippen LogP contribution in [-0.2, 0) is 4.79 Å². The Labute approximate surface area is 126 Å². The van der Waals surface area contributed by atoms with Gasteiger partial charge in [-0.05, 0) is 45.7 Å². The topological polar surface area (TPSA) is 69.0 Å². The third kappa shape index (κ3) is 4.19. The van der Waals surface area contributed by atoms with E-state index in [0.29, 0.717) is 12.1 Å². The summed E-state index contributed by atoms with van der Waals surface area (Å²) in [6.07, 6.45) is 3.50. The number of hydrogen-bond donors (Lipinski definition) is 1. The van der Waals surface area contributed by atoms with Crippen LogP contribution in [-0.4, -0.2) is 29.5 Å². The molecule has 0 bridgehead atoms. The van der Waals surface area contributed by atoms with E-state index in [2.05, 4.69) is 21.3 Å². The average molecular weight is 286 g/mol. The fraction of sp³-hybridized carbons (Fsp3) is 0.562. The highest BCUT2D eigenvalue weighted by atomic mass is 16.2. The number of amides is 1. The van der Waals surface area contributed by atoms with Gasteiger partial charge >= 0.3 is 0 Å². The van der Waals surface area contributed by atoms with Crippen molar-refractivity contribution >= 4 is 11.7 Å². The fourth-order valence-corrected chi connectivity index (χ4v) is 2.53. The Kier molecular flexibility index (Phi) is 4.46. The Morgan fingerprint density at radius 3 is 2.95 bits per heavy atom. The van der Waals surface area contributed by atoms with E-state index in [1.54, 1.807) is 18.3 Å². The van der Waals surface area contributed by atoms with Gasteiger partial charge in [-0.25, -0.2) is 4.98 Å². The second-order valence-corrected chi connectivity index (χ2v) is 6.54. The lowest BCUT2D eigenvalue weighted by molar-refractivity contribution is -0.126. The molecule has 1 fully saturated rings. The Bertz CT molecular complexity index is 556. The number of nitriles is 1. The predicted octanol–water partition coefficient (Wildman–Crippen LogP) is 2.08. The minimum absolute atomic E-state index is 0.0227. The van der Waals surface area contributed by atoms with Gasteiger partial charge in [-0.15, -0.1) is 0 Å². The molecule has 0 aromatic carbocycles. The molecule has 0 spiro atoms. The van der Waals surface area contributed by atoms with E-state index in [9.17, 15) is 4.79 Å². The quantitative estimate of drug-likeness (QED) is 0.903. The number of rotatable bonds is 2. The lowest BCUT2D eigenvalue weighted by Gasteiger charge is -2.34. The molecule has 0 saturated carbocycles. The maximum absolute atomic E-state index is 12.3. The van der Waals surface area contributed by atoms with Crippen molar-refractivity contribution in [3.63, 3.8) is 0 Å². The number of carbonyl (C=O) groups is 1. The summed E-state index contributed by atoms with van der Waals surface area (Å²) in [5, 5.41) is 12.0. The molecule has 1 unspecified atom stereocenters. The number of nitrogens with zero attached hydrogens (tertiary/aromatic N) is 3. The van der Waals surface area contributed by atoms with Gasteiger partial charge in [0.25, 0.3) is 0 Å². The molecular weight excluding hydrogens is 264 g/mol. The lowest BCUT2D eigenvalue weighted by Crippen LogP contribution is -2.48. The van der Waals surface area contributed by atoms with Crippen LogP contribution in [0.1, 0.15) is 39.2 Å². The number of anilines is 1.